The molecule has 1 fully saturated rings. The lowest BCUT2D eigenvalue weighted by Crippen LogP contribution is -2.41. The van der Waals surface area contributed by atoms with E-state index >= 15 is 0 Å². The molecule has 2 heterocycles. The number of nitrogens with one attached hydrogen (secondary N) is 1. The van der Waals surface area contributed by atoms with E-state index in [1.165, 1.54) is 18.5 Å². The predicted molar refractivity (Wildman–Crippen MR) is 77.0 cm³/mol. The van der Waals surface area contributed by atoms with Gasteiger partial charge in [0.15, 0.2) is 0 Å². The van der Waals surface area contributed by atoms with Gasteiger partial charge in [-0.05, 0) is 25.8 Å². The molecule has 7 heteroatoms. The lowest BCUT2D eigenvalue weighted by atomic mass is 10.1. The fraction of sp³-hybridized carbons (Fsp3) is 0.500. The third-order valence-electron chi connectivity index (χ3n) is 3.14. The van der Waals surface area contributed by atoms with Crippen LogP contribution in [0.2, 0.25) is 0 Å². The zero-order valence-corrected chi connectivity index (χ0v) is 12.6. The van der Waals surface area contributed by atoms with Gasteiger partial charge >= 0.3 is 0 Å². The molecule has 21 heavy (non-hydrogen) atoms. The molecule has 0 amide bonds. The van der Waals surface area contributed by atoms with Crippen molar-refractivity contribution in [1.29, 1.82) is 0 Å². The second kappa shape index (κ2) is 7.00. The van der Waals surface area contributed by atoms with Crippen molar-refractivity contribution in [3.05, 3.63) is 24.0 Å². The van der Waals surface area contributed by atoms with Crippen LogP contribution in [0.4, 0.5) is 0 Å². The maximum absolute atomic E-state index is 12.3. The van der Waals surface area contributed by atoms with Crippen LogP contribution in [0, 0.1) is 11.8 Å². The molecule has 2 atom stereocenters. The van der Waals surface area contributed by atoms with Crippen LogP contribution in [0.25, 0.3) is 0 Å². The molecule has 0 saturated carbocycles. The highest BCUT2D eigenvalue weighted by atomic mass is 32.2. The Morgan fingerprint density at radius 2 is 2.33 bits per heavy atom. The van der Waals surface area contributed by atoms with Crippen molar-refractivity contribution in [2.75, 3.05) is 13.2 Å². The highest BCUT2D eigenvalue weighted by Gasteiger charge is 2.25. The predicted octanol–water partition coefficient (Wildman–Crippen LogP) is 0.271. The van der Waals surface area contributed by atoms with Gasteiger partial charge in [-0.15, -0.1) is 0 Å². The van der Waals surface area contributed by atoms with Gasteiger partial charge in [0, 0.05) is 30.6 Å². The SMILES string of the molecule is CC1CC(NS(=O)(=O)c2cncc(C#CCO)c2)CCO1. The fourth-order valence-corrected chi connectivity index (χ4v) is 3.44. The summed E-state index contributed by atoms with van der Waals surface area (Å²) in [4.78, 5) is 3.96. The second-order valence-corrected chi connectivity index (χ2v) is 6.61. The quantitative estimate of drug-likeness (QED) is 0.783. The highest BCUT2D eigenvalue weighted by molar-refractivity contribution is 7.89. The van der Waals surface area contributed by atoms with E-state index in [0.29, 0.717) is 25.0 Å². The van der Waals surface area contributed by atoms with Crippen LogP contribution in [0.15, 0.2) is 23.4 Å². The Kier molecular flexibility index (Phi) is 5.31. The largest absolute Gasteiger partial charge is 0.384 e. The molecule has 0 spiro atoms. The minimum atomic E-state index is -3.63. The van der Waals surface area contributed by atoms with Crippen molar-refractivity contribution in [1.82, 2.24) is 9.71 Å². The summed E-state index contributed by atoms with van der Waals surface area (Å²) in [5, 5.41) is 8.66. The number of hydrogen-bond acceptors (Lipinski definition) is 5. The first-order valence-electron chi connectivity index (χ1n) is 6.70. The average molecular weight is 310 g/mol. The van der Waals surface area contributed by atoms with Crippen LogP contribution in [-0.2, 0) is 14.8 Å². The Hall–Kier alpha value is -1.46. The summed E-state index contributed by atoms with van der Waals surface area (Å²) in [6.07, 6.45) is 4.09. The van der Waals surface area contributed by atoms with Gasteiger partial charge in [-0.25, -0.2) is 13.1 Å². The van der Waals surface area contributed by atoms with Crippen LogP contribution in [0.1, 0.15) is 25.3 Å². The summed E-state index contributed by atoms with van der Waals surface area (Å²) in [6, 6.07) is 1.31. The molecule has 1 aliphatic rings. The Morgan fingerprint density at radius 1 is 1.52 bits per heavy atom. The second-order valence-electron chi connectivity index (χ2n) is 4.89. The Balaban J connectivity index is 2.15. The van der Waals surface area contributed by atoms with Crippen LogP contribution in [-0.4, -0.2) is 43.9 Å². The minimum Gasteiger partial charge on any atom is -0.384 e. The summed E-state index contributed by atoms with van der Waals surface area (Å²) in [7, 11) is -3.63. The van der Waals surface area contributed by atoms with Gasteiger partial charge in [0.1, 0.15) is 11.5 Å². The monoisotopic (exact) mass is 310 g/mol. The van der Waals surface area contributed by atoms with Gasteiger partial charge in [-0.2, -0.15) is 0 Å². The van der Waals surface area contributed by atoms with E-state index in [0.717, 1.165) is 0 Å². The maximum atomic E-state index is 12.3. The summed E-state index contributed by atoms with van der Waals surface area (Å²) >= 11 is 0. The molecule has 0 aromatic carbocycles. The lowest BCUT2D eigenvalue weighted by Gasteiger charge is -2.27. The van der Waals surface area contributed by atoms with E-state index < -0.39 is 10.0 Å². The first-order chi connectivity index (χ1) is 10.0. The van der Waals surface area contributed by atoms with Crippen molar-refractivity contribution >= 4 is 10.0 Å². The van der Waals surface area contributed by atoms with E-state index in [2.05, 4.69) is 21.5 Å². The number of ether oxygens (including phenoxy) is 1. The number of hydrogen-bond donors (Lipinski definition) is 2. The number of aliphatic hydroxyl groups excluding tert-OH is 1. The number of nitrogens with zero attached hydrogens (tertiary/aromatic N) is 1. The minimum absolute atomic E-state index is 0.0475. The molecule has 2 rings (SSSR count). The van der Waals surface area contributed by atoms with Crippen LogP contribution in [0.5, 0.6) is 0 Å². The van der Waals surface area contributed by atoms with Gasteiger partial charge in [0.05, 0.1) is 6.10 Å². The molecule has 0 bridgehead atoms. The maximum Gasteiger partial charge on any atom is 0.242 e. The first-order valence-corrected chi connectivity index (χ1v) is 8.18. The van der Waals surface area contributed by atoms with Gasteiger partial charge < -0.3 is 9.84 Å². The molecular formula is C14H18N2O4S. The van der Waals surface area contributed by atoms with E-state index in [-0.39, 0.29) is 23.6 Å². The van der Waals surface area contributed by atoms with Crippen molar-refractivity contribution in [3.8, 4) is 11.8 Å². The van der Waals surface area contributed by atoms with Gasteiger partial charge in [-0.3, -0.25) is 4.98 Å². The smallest absolute Gasteiger partial charge is 0.242 e. The number of aliphatic hydroxyl groups is 1. The summed E-state index contributed by atoms with van der Waals surface area (Å²) in [6.45, 7) is 2.19. The molecule has 114 valence electrons. The molecule has 0 radical (unpaired) electrons. The van der Waals surface area contributed by atoms with Crippen molar-refractivity contribution < 1.29 is 18.3 Å². The molecule has 0 aliphatic carbocycles. The Labute approximate surface area is 124 Å². The van der Waals surface area contributed by atoms with Crippen molar-refractivity contribution in [2.24, 2.45) is 0 Å². The van der Waals surface area contributed by atoms with Crippen molar-refractivity contribution in [2.45, 2.75) is 36.8 Å². The Morgan fingerprint density at radius 3 is 3.05 bits per heavy atom. The lowest BCUT2D eigenvalue weighted by molar-refractivity contribution is 0.0173. The average Bonchev–Trinajstić information content (AvgIpc) is 2.45. The van der Waals surface area contributed by atoms with Gasteiger partial charge in [-0.1, -0.05) is 11.8 Å². The number of sulfonamides is 1. The standard InChI is InChI=1S/C14H18N2O4S/c1-11-7-13(4-6-20-11)16-21(18,19)14-8-12(3-2-5-17)9-15-10-14/h8-11,13,16-17H,4-7H2,1H3. The van der Waals surface area contributed by atoms with Crippen molar-refractivity contribution in [3.63, 3.8) is 0 Å². The Bertz CT molecular complexity index is 648. The molecule has 1 aliphatic heterocycles. The molecule has 2 unspecified atom stereocenters. The molecule has 1 saturated heterocycles. The number of pyridine rings is 1. The van der Waals surface area contributed by atoms with Crippen LogP contribution in [0.3, 0.4) is 0 Å². The topological polar surface area (TPSA) is 88.5 Å². The third kappa shape index (κ3) is 4.51. The van der Waals surface area contributed by atoms with Gasteiger partial charge in [0.25, 0.3) is 0 Å². The normalized spacial score (nSPS) is 22.4. The van der Waals surface area contributed by atoms with Gasteiger partial charge in [0.2, 0.25) is 10.0 Å². The number of rotatable bonds is 3. The third-order valence-corrected chi connectivity index (χ3v) is 4.63. The van der Waals surface area contributed by atoms with E-state index in [1.54, 1.807) is 0 Å². The molecular weight excluding hydrogens is 292 g/mol. The van der Waals surface area contributed by atoms with E-state index in [4.69, 9.17) is 9.84 Å². The molecule has 2 N–H and O–H groups in total. The highest BCUT2D eigenvalue weighted by Crippen LogP contribution is 2.17. The fourth-order valence-electron chi connectivity index (χ4n) is 2.17. The first kappa shape index (κ1) is 15.9. The van der Waals surface area contributed by atoms with E-state index in [1.807, 2.05) is 6.92 Å². The zero-order chi connectivity index (χ0) is 15.3. The number of aromatic nitrogens is 1. The molecule has 1 aromatic rings. The summed E-state index contributed by atoms with van der Waals surface area (Å²) in [5.74, 6) is 5.11. The summed E-state index contributed by atoms with van der Waals surface area (Å²) < 4.78 is 32.8. The molecule has 1 aromatic heterocycles. The molecule has 6 nitrogen and oxygen atoms in total. The van der Waals surface area contributed by atoms with Crippen LogP contribution < -0.4 is 4.72 Å². The summed E-state index contributed by atoms with van der Waals surface area (Å²) in [5.41, 5.74) is 0.451. The van der Waals surface area contributed by atoms with E-state index in [9.17, 15) is 8.42 Å². The van der Waals surface area contributed by atoms with Crippen LogP contribution >= 0.6 is 0 Å². The zero-order valence-electron chi connectivity index (χ0n) is 11.7.